The van der Waals surface area contributed by atoms with Crippen molar-refractivity contribution in [2.75, 3.05) is 16.3 Å². The zero-order valence-electron chi connectivity index (χ0n) is 11.7. The normalized spacial score (nSPS) is 11.1. The number of benzene rings is 2. The number of sulfonamides is 1. The highest BCUT2D eigenvalue weighted by Crippen LogP contribution is 2.23. The van der Waals surface area contributed by atoms with Crippen LogP contribution in [-0.2, 0) is 10.0 Å². The Morgan fingerprint density at radius 2 is 1.70 bits per heavy atom. The second-order valence-electron chi connectivity index (χ2n) is 4.65. The van der Waals surface area contributed by atoms with Crippen molar-refractivity contribution in [2.45, 2.75) is 0 Å². The summed E-state index contributed by atoms with van der Waals surface area (Å²) in [4.78, 5) is 12.1. The van der Waals surface area contributed by atoms with Gasteiger partial charge in [-0.2, -0.15) is 0 Å². The summed E-state index contributed by atoms with van der Waals surface area (Å²) in [6.07, 6.45) is 0.977. The van der Waals surface area contributed by atoms with Gasteiger partial charge in [0.2, 0.25) is 10.0 Å². The molecule has 5 nitrogen and oxygen atoms in total. The number of halogens is 3. The van der Waals surface area contributed by atoms with Crippen molar-refractivity contribution in [1.29, 1.82) is 0 Å². The minimum absolute atomic E-state index is 0.00117. The molecule has 0 aliphatic carbocycles. The van der Waals surface area contributed by atoms with Crippen molar-refractivity contribution < 1.29 is 22.0 Å². The Labute approximate surface area is 136 Å². The second-order valence-corrected chi connectivity index (χ2v) is 6.81. The summed E-state index contributed by atoms with van der Waals surface area (Å²) < 4.78 is 50.4. The molecule has 0 unspecified atom stereocenters. The average molecular weight is 361 g/mol. The van der Waals surface area contributed by atoms with E-state index in [2.05, 4.69) is 10.0 Å². The SMILES string of the molecule is CS(=O)(=O)Nc1ccc(C(=O)Nc2ccc(F)c(F)c2)c(Cl)c1. The van der Waals surface area contributed by atoms with Crippen LogP contribution in [0.2, 0.25) is 5.02 Å². The Balaban J connectivity index is 2.20. The van der Waals surface area contributed by atoms with E-state index < -0.39 is 27.6 Å². The highest BCUT2D eigenvalue weighted by molar-refractivity contribution is 7.92. The lowest BCUT2D eigenvalue weighted by molar-refractivity contribution is 0.102. The molecule has 0 spiro atoms. The first-order valence-corrected chi connectivity index (χ1v) is 8.46. The summed E-state index contributed by atoms with van der Waals surface area (Å²) in [5.74, 6) is -2.77. The fraction of sp³-hybridized carbons (Fsp3) is 0.0714. The maximum atomic E-state index is 13.1. The molecule has 0 fully saturated rings. The minimum atomic E-state index is -3.47. The molecule has 2 N–H and O–H groups in total. The molecule has 2 rings (SSSR count). The molecule has 0 aliphatic heterocycles. The number of anilines is 2. The van der Waals surface area contributed by atoms with E-state index in [1.807, 2.05) is 0 Å². The van der Waals surface area contributed by atoms with E-state index in [0.717, 1.165) is 18.4 Å². The Morgan fingerprint density at radius 1 is 1.04 bits per heavy atom. The van der Waals surface area contributed by atoms with Crippen LogP contribution in [-0.4, -0.2) is 20.6 Å². The summed E-state index contributed by atoms with van der Waals surface area (Å²) in [6.45, 7) is 0. The topological polar surface area (TPSA) is 75.3 Å². The van der Waals surface area contributed by atoms with E-state index in [4.69, 9.17) is 11.6 Å². The van der Waals surface area contributed by atoms with Crippen molar-refractivity contribution in [3.63, 3.8) is 0 Å². The lowest BCUT2D eigenvalue weighted by Crippen LogP contribution is -2.14. The van der Waals surface area contributed by atoms with Crippen molar-refractivity contribution in [2.24, 2.45) is 0 Å². The predicted molar refractivity (Wildman–Crippen MR) is 84.2 cm³/mol. The number of carbonyl (C=O) groups excluding carboxylic acids is 1. The van der Waals surface area contributed by atoms with Gasteiger partial charge in [-0.15, -0.1) is 0 Å². The maximum Gasteiger partial charge on any atom is 0.257 e. The number of nitrogens with one attached hydrogen (secondary N) is 2. The number of amides is 1. The Kier molecular flexibility index (Phi) is 4.86. The van der Waals surface area contributed by atoms with Gasteiger partial charge >= 0.3 is 0 Å². The summed E-state index contributed by atoms with van der Waals surface area (Å²) in [7, 11) is -3.47. The number of rotatable bonds is 4. The Bertz CT molecular complexity index is 872. The highest BCUT2D eigenvalue weighted by atomic mass is 35.5. The summed E-state index contributed by atoms with van der Waals surface area (Å²) in [5.41, 5.74) is 0.306. The van der Waals surface area contributed by atoms with Crippen LogP contribution in [0.1, 0.15) is 10.4 Å². The van der Waals surface area contributed by atoms with Crippen LogP contribution in [0.5, 0.6) is 0 Å². The van der Waals surface area contributed by atoms with Gasteiger partial charge in [0.15, 0.2) is 11.6 Å². The lowest BCUT2D eigenvalue weighted by Gasteiger charge is -2.09. The van der Waals surface area contributed by atoms with Crippen LogP contribution >= 0.6 is 11.6 Å². The van der Waals surface area contributed by atoms with E-state index in [1.165, 1.54) is 24.3 Å². The molecule has 2 aromatic rings. The fourth-order valence-electron chi connectivity index (χ4n) is 1.75. The van der Waals surface area contributed by atoms with Crippen molar-refractivity contribution in [3.05, 3.63) is 58.6 Å². The second kappa shape index (κ2) is 6.51. The number of hydrogen-bond donors (Lipinski definition) is 2. The van der Waals surface area contributed by atoms with Crippen LogP contribution in [0.3, 0.4) is 0 Å². The molecule has 23 heavy (non-hydrogen) atoms. The summed E-state index contributed by atoms with van der Waals surface area (Å²) >= 11 is 5.95. The molecule has 0 saturated carbocycles. The van der Waals surface area contributed by atoms with Gasteiger partial charge < -0.3 is 5.32 Å². The monoisotopic (exact) mass is 360 g/mol. The third-order valence-electron chi connectivity index (χ3n) is 2.69. The van der Waals surface area contributed by atoms with Crippen LogP contribution in [0.15, 0.2) is 36.4 Å². The van der Waals surface area contributed by atoms with Crippen LogP contribution < -0.4 is 10.0 Å². The Hall–Kier alpha value is -2.19. The van der Waals surface area contributed by atoms with Gasteiger partial charge in [-0.25, -0.2) is 17.2 Å². The van der Waals surface area contributed by atoms with Gasteiger partial charge in [-0.05, 0) is 30.3 Å². The van der Waals surface area contributed by atoms with Crippen LogP contribution in [0, 0.1) is 11.6 Å². The predicted octanol–water partition coefficient (Wildman–Crippen LogP) is 3.24. The molecule has 2 aromatic carbocycles. The number of hydrogen-bond acceptors (Lipinski definition) is 3. The molecule has 0 atom stereocenters. The van der Waals surface area contributed by atoms with E-state index in [1.54, 1.807) is 0 Å². The van der Waals surface area contributed by atoms with Gasteiger partial charge in [0.05, 0.1) is 16.8 Å². The average Bonchev–Trinajstić information content (AvgIpc) is 2.41. The first kappa shape index (κ1) is 17.2. The summed E-state index contributed by atoms with van der Waals surface area (Å²) in [6, 6.07) is 6.84. The van der Waals surface area contributed by atoms with Gasteiger partial charge in [-0.3, -0.25) is 9.52 Å². The van der Waals surface area contributed by atoms with Crippen molar-refractivity contribution in [1.82, 2.24) is 0 Å². The van der Waals surface area contributed by atoms with Crippen molar-refractivity contribution >= 4 is 38.9 Å². The zero-order valence-corrected chi connectivity index (χ0v) is 13.3. The van der Waals surface area contributed by atoms with E-state index in [-0.39, 0.29) is 22.0 Å². The number of carbonyl (C=O) groups is 1. The lowest BCUT2D eigenvalue weighted by atomic mass is 10.2. The largest absolute Gasteiger partial charge is 0.322 e. The van der Waals surface area contributed by atoms with Crippen LogP contribution in [0.25, 0.3) is 0 Å². The first-order valence-electron chi connectivity index (χ1n) is 6.19. The van der Waals surface area contributed by atoms with Gasteiger partial charge in [-0.1, -0.05) is 11.6 Å². The molecular formula is C14H11ClF2N2O3S. The van der Waals surface area contributed by atoms with Gasteiger partial charge in [0, 0.05) is 17.4 Å². The van der Waals surface area contributed by atoms with E-state index in [0.29, 0.717) is 0 Å². The molecule has 0 bridgehead atoms. The standard InChI is InChI=1S/C14H11ClF2N2O3S/c1-23(21,22)19-9-2-4-10(11(15)6-9)14(20)18-8-3-5-12(16)13(17)7-8/h2-7,19H,1H3,(H,18,20). The fourth-order valence-corrected chi connectivity index (χ4v) is 2.57. The molecular weight excluding hydrogens is 350 g/mol. The molecule has 0 saturated heterocycles. The zero-order chi connectivity index (χ0) is 17.2. The molecule has 9 heteroatoms. The van der Waals surface area contributed by atoms with Gasteiger partial charge in [0.1, 0.15) is 0 Å². The summed E-state index contributed by atoms with van der Waals surface area (Å²) in [5, 5.41) is 2.36. The molecule has 1 amide bonds. The highest BCUT2D eigenvalue weighted by Gasteiger charge is 2.13. The molecule has 122 valence electrons. The quantitative estimate of drug-likeness (QED) is 0.878. The molecule has 0 heterocycles. The molecule has 0 radical (unpaired) electrons. The van der Waals surface area contributed by atoms with E-state index in [9.17, 15) is 22.0 Å². The minimum Gasteiger partial charge on any atom is -0.322 e. The van der Waals surface area contributed by atoms with Crippen LogP contribution in [0.4, 0.5) is 20.2 Å². The van der Waals surface area contributed by atoms with Gasteiger partial charge in [0.25, 0.3) is 5.91 Å². The van der Waals surface area contributed by atoms with Crippen molar-refractivity contribution in [3.8, 4) is 0 Å². The maximum absolute atomic E-state index is 13.1. The molecule has 0 aliphatic rings. The smallest absolute Gasteiger partial charge is 0.257 e. The van der Waals surface area contributed by atoms with E-state index >= 15 is 0 Å². The third-order valence-corrected chi connectivity index (χ3v) is 3.61. The Morgan fingerprint density at radius 3 is 2.26 bits per heavy atom. The first-order chi connectivity index (χ1) is 10.7. The third kappa shape index (κ3) is 4.64. The molecule has 0 aromatic heterocycles.